The Kier molecular flexibility index (Phi) is 5.78. The first-order valence-corrected chi connectivity index (χ1v) is 7.02. The highest BCUT2D eigenvalue weighted by Crippen LogP contribution is 2.21. The zero-order valence-corrected chi connectivity index (χ0v) is 13.2. The van der Waals surface area contributed by atoms with Gasteiger partial charge in [-0.25, -0.2) is 4.39 Å². The van der Waals surface area contributed by atoms with Crippen LogP contribution in [0.15, 0.2) is 28.8 Å². The number of methoxy groups -OCH3 is 1. The number of ether oxygens (including phenoxy) is 1. The number of rotatable bonds is 7. The smallest absolute Gasteiger partial charge is 0.252 e. The van der Waals surface area contributed by atoms with Crippen LogP contribution in [0.3, 0.4) is 0 Å². The van der Waals surface area contributed by atoms with Crippen LogP contribution in [0.4, 0.5) is 4.39 Å². The third-order valence-electron chi connectivity index (χ3n) is 3.16. The maximum absolute atomic E-state index is 14.0. The van der Waals surface area contributed by atoms with E-state index in [1.54, 1.807) is 37.2 Å². The summed E-state index contributed by atoms with van der Waals surface area (Å²) in [6.07, 6.45) is 0. The molecule has 0 unspecified atom stereocenters. The highest BCUT2D eigenvalue weighted by atomic mass is 19.1. The van der Waals surface area contributed by atoms with E-state index in [0.717, 1.165) is 0 Å². The summed E-state index contributed by atoms with van der Waals surface area (Å²) < 4.78 is 23.8. The van der Waals surface area contributed by atoms with Crippen molar-refractivity contribution in [3.63, 3.8) is 0 Å². The van der Waals surface area contributed by atoms with Crippen LogP contribution in [0, 0.1) is 5.82 Å². The van der Waals surface area contributed by atoms with Crippen molar-refractivity contribution >= 4 is 5.91 Å². The Bertz CT molecular complexity index is 660. The van der Waals surface area contributed by atoms with Crippen LogP contribution in [0.2, 0.25) is 0 Å². The number of hydrogen-bond donors (Lipinski definition) is 1. The Labute approximate surface area is 133 Å². The Balaban J connectivity index is 2.05. The summed E-state index contributed by atoms with van der Waals surface area (Å²) in [5, 5.41) is 6.42. The molecule has 124 valence electrons. The van der Waals surface area contributed by atoms with Gasteiger partial charge in [-0.15, -0.1) is 0 Å². The Morgan fingerprint density at radius 2 is 2.17 bits per heavy atom. The summed E-state index contributed by atoms with van der Waals surface area (Å²) in [4.78, 5) is 18.1. The van der Waals surface area contributed by atoms with Gasteiger partial charge in [-0.3, -0.25) is 9.69 Å². The Morgan fingerprint density at radius 1 is 1.43 bits per heavy atom. The van der Waals surface area contributed by atoms with Gasteiger partial charge in [-0.05, 0) is 20.2 Å². The number of amides is 1. The molecule has 0 fully saturated rings. The molecule has 0 saturated carbocycles. The molecule has 0 saturated heterocycles. The average Bonchev–Trinajstić information content (AvgIpc) is 2.95. The molecule has 1 aromatic carbocycles. The largest absolute Gasteiger partial charge is 0.375 e. The second-order valence-electron chi connectivity index (χ2n) is 5.14. The van der Waals surface area contributed by atoms with Gasteiger partial charge in [0.05, 0.1) is 6.54 Å². The number of nitrogens with one attached hydrogen (secondary N) is 1. The highest BCUT2D eigenvalue weighted by molar-refractivity contribution is 5.83. The van der Waals surface area contributed by atoms with Crippen molar-refractivity contribution in [2.75, 3.05) is 21.2 Å². The van der Waals surface area contributed by atoms with Crippen LogP contribution in [-0.2, 0) is 22.7 Å². The van der Waals surface area contributed by atoms with Gasteiger partial charge in [0.15, 0.2) is 5.82 Å². The molecule has 1 aromatic heterocycles. The molecule has 0 spiro atoms. The van der Waals surface area contributed by atoms with Gasteiger partial charge in [0.25, 0.3) is 5.89 Å². The average molecular weight is 322 g/mol. The molecule has 0 radical (unpaired) electrons. The monoisotopic (exact) mass is 322 g/mol. The zero-order valence-electron chi connectivity index (χ0n) is 13.2. The Hall–Kier alpha value is -2.32. The van der Waals surface area contributed by atoms with E-state index < -0.39 is 11.9 Å². The van der Waals surface area contributed by atoms with Crippen molar-refractivity contribution in [2.24, 2.45) is 0 Å². The zero-order chi connectivity index (χ0) is 16.8. The molecule has 1 N–H and O–H groups in total. The number of halogens is 1. The van der Waals surface area contributed by atoms with Gasteiger partial charge >= 0.3 is 0 Å². The van der Waals surface area contributed by atoms with Crippen LogP contribution >= 0.6 is 0 Å². The van der Waals surface area contributed by atoms with Crippen molar-refractivity contribution in [2.45, 2.75) is 19.2 Å². The molecule has 7 nitrogen and oxygen atoms in total. The first kappa shape index (κ1) is 17.0. The van der Waals surface area contributed by atoms with E-state index in [2.05, 4.69) is 15.5 Å². The predicted molar refractivity (Wildman–Crippen MR) is 79.7 cm³/mol. The first-order valence-electron chi connectivity index (χ1n) is 7.02. The van der Waals surface area contributed by atoms with E-state index in [9.17, 15) is 9.18 Å². The minimum Gasteiger partial charge on any atom is -0.375 e. The van der Waals surface area contributed by atoms with Crippen LogP contribution in [0.1, 0.15) is 23.3 Å². The molecule has 0 bridgehead atoms. The highest BCUT2D eigenvalue weighted by Gasteiger charge is 2.25. The number of likely N-dealkylation sites (N-methyl/N-ethyl adjacent to an activating group) is 1. The fraction of sp³-hybridized carbons (Fsp3) is 0.400. The van der Waals surface area contributed by atoms with E-state index in [4.69, 9.17) is 9.26 Å². The number of benzene rings is 1. The summed E-state index contributed by atoms with van der Waals surface area (Å²) in [6, 6.07) is 5.44. The fourth-order valence-electron chi connectivity index (χ4n) is 2.16. The van der Waals surface area contributed by atoms with Crippen LogP contribution < -0.4 is 5.32 Å². The van der Waals surface area contributed by atoms with E-state index >= 15 is 0 Å². The van der Waals surface area contributed by atoms with Crippen LogP contribution in [0.5, 0.6) is 0 Å². The molecule has 2 aromatic rings. The van der Waals surface area contributed by atoms with E-state index in [-0.39, 0.29) is 19.1 Å². The van der Waals surface area contributed by atoms with E-state index in [1.807, 2.05) is 0 Å². The number of nitrogens with zero attached hydrogens (tertiary/aromatic N) is 3. The van der Waals surface area contributed by atoms with Gasteiger partial charge in [0.1, 0.15) is 18.5 Å². The molecule has 0 aliphatic rings. The molecule has 2 rings (SSSR count). The normalized spacial score (nSPS) is 12.4. The lowest BCUT2D eigenvalue weighted by Gasteiger charge is -2.23. The molecule has 0 aliphatic heterocycles. The second-order valence-corrected chi connectivity index (χ2v) is 5.14. The predicted octanol–water partition coefficient (Wildman–Crippen LogP) is 1.27. The molecule has 1 amide bonds. The second kappa shape index (κ2) is 7.80. The van der Waals surface area contributed by atoms with Crippen molar-refractivity contribution in [1.29, 1.82) is 0 Å². The summed E-state index contributed by atoms with van der Waals surface area (Å²) >= 11 is 0. The molecule has 1 atom stereocenters. The van der Waals surface area contributed by atoms with Gasteiger partial charge in [-0.2, -0.15) is 4.98 Å². The number of carbonyl (C=O) groups excluding carboxylic acids is 1. The van der Waals surface area contributed by atoms with Gasteiger partial charge in [0, 0.05) is 12.7 Å². The summed E-state index contributed by atoms with van der Waals surface area (Å²) in [6.45, 7) is 0.293. The van der Waals surface area contributed by atoms with Crippen molar-refractivity contribution in [1.82, 2.24) is 20.4 Å². The molecular weight excluding hydrogens is 303 g/mol. The van der Waals surface area contributed by atoms with E-state index in [1.165, 1.54) is 13.2 Å². The van der Waals surface area contributed by atoms with Crippen molar-refractivity contribution in [3.8, 4) is 0 Å². The lowest BCUT2D eigenvalue weighted by atomic mass is 10.0. The summed E-state index contributed by atoms with van der Waals surface area (Å²) in [7, 11) is 4.94. The molecule has 23 heavy (non-hydrogen) atoms. The number of aromatic nitrogens is 2. The molecule has 8 heteroatoms. The van der Waals surface area contributed by atoms with Crippen LogP contribution in [0.25, 0.3) is 0 Å². The van der Waals surface area contributed by atoms with Crippen molar-refractivity contribution < 1.29 is 18.4 Å². The summed E-state index contributed by atoms with van der Waals surface area (Å²) in [5.41, 5.74) is 0.309. The quantitative estimate of drug-likeness (QED) is 0.827. The number of carbonyl (C=O) groups is 1. The van der Waals surface area contributed by atoms with Gasteiger partial charge in [-0.1, -0.05) is 23.4 Å². The lowest BCUT2D eigenvalue weighted by Crippen LogP contribution is -2.37. The standard InChI is InChI=1S/C15H19FN4O3/c1-20(2)14(10-6-4-5-7-11(10)16)15(21)17-8-12-18-13(9-22-3)23-19-12/h4-7,14H,8-9H2,1-3H3,(H,17,21)/t14-/m1/s1. The third kappa shape index (κ3) is 4.33. The van der Waals surface area contributed by atoms with Crippen molar-refractivity contribution in [3.05, 3.63) is 47.4 Å². The number of hydrogen-bond acceptors (Lipinski definition) is 6. The fourth-order valence-corrected chi connectivity index (χ4v) is 2.16. The minimum absolute atomic E-state index is 0.0881. The molecule has 0 aliphatic carbocycles. The maximum atomic E-state index is 14.0. The topological polar surface area (TPSA) is 80.5 Å². The Morgan fingerprint density at radius 3 is 2.83 bits per heavy atom. The van der Waals surface area contributed by atoms with Crippen LogP contribution in [-0.4, -0.2) is 42.2 Å². The molecule has 1 heterocycles. The third-order valence-corrected chi connectivity index (χ3v) is 3.16. The minimum atomic E-state index is -0.749. The summed E-state index contributed by atoms with van der Waals surface area (Å²) in [5.74, 6) is -0.118. The SMILES string of the molecule is COCc1nc(CNC(=O)[C@@H](c2ccccc2F)N(C)C)no1. The first-order chi connectivity index (χ1) is 11.0. The maximum Gasteiger partial charge on any atom is 0.252 e. The lowest BCUT2D eigenvalue weighted by molar-refractivity contribution is -0.126. The van der Waals surface area contributed by atoms with Gasteiger partial charge in [0.2, 0.25) is 5.91 Å². The van der Waals surface area contributed by atoms with Gasteiger partial charge < -0.3 is 14.6 Å². The molecular formula is C15H19FN4O3. The van der Waals surface area contributed by atoms with E-state index in [0.29, 0.717) is 17.3 Å².